The Labute approximate surface area is 169 Å². The average Bonchev–Trinajstić information content (AvgIpc) is 3.24. The number of likely N-dealkylation sites (N-methyl/N-ethyl adjacent to an activating group) is 1. The van der Waals surface area contributed by atoms with Crippen LogP contribution in [0, 0.1) is 6.92 Å². The van der Waals surface area contributed by atoms with Crippen molar-refractivity contribution in [1.29, 1.82) is 0 Å². The van der Waals surface area contributed by atoms with Crippen LogP contribution in [0.5, 0.6) is 0 Å². The summed E-state index contributed by atoms with van der Waals surface area (Å²) in [6.07, 6.45) is 0.431. The van der Waals surface area contributed by atoms with Gasteiger partial charge in [-0.05, 0) is 35.6 Å². The van der Waals surface area contributed by atoms with Gasteiger partial charge in [0, 0.05) is 20.1 Å². The summed E-state index contributed by atoms with van der Waals surface area (Å²) in [6.45, 7) is 3.08. The van der Waals surface area contributed by atoms with Gasteiger partial charge in [0.25, 0.3) is 5.91 Å². The molecule has 2 aromatic carbocycles. The molecular weight excluding hydrogens is 368 g/mol. The molecule has 7 nitrogen and oxygen atoms in total. The van der Waals surface area contributed by atoms with E-state index in [1.807, 2.05) is 24.3 Å². The average molecular weight is 392 g/mol. The lowest BCUT2D eigenvalue weighted by molar-refractivity contribution is -0.129. The molecule has 2 aliphatic heterocycles. The van der Waals surface area contributed by atoms with Gasteiger partial charge in [-0.2, -0.15) is 0 Å². The fraction of sp³-hybridized carbons (Fsp3) is 0.318. The maximum absolute atomic E-state index is 12.6. The molecule has 0 aromatic heterocycles. The van der Waals surface area contributed by atoms with E-state index in [0.29, 0.717) is 19.5 Å². The van der Waals surface area contributed by atoms with Gasteiger partial charge in [0.2, 0.25) is 0 Å². The minimum atomic E-state index is -0.975. The van der Waals surface area contributed by atoms with Crippen LogP contribution in [0.15, 0.2) is 48.5 Å². The van der Waals surface area contributed by atoms with Gasteiger partial charge in [-0.3, -0.25) is 9.69 Å². The first kappa shape index (κ1) is 19.0. The minimum Gasteiger partial charge on any atom is -0.334 e. The number of aryl methyl sites for hydroxylation is 1. The largest absolute Gasteiger partial charge is 0.334 e. The molecule has 2 fully saturated rings. The van der Waals surface area contributed by atoms with E-state index in [1.54, 1.807) is 4.90 Å². The molecular formula is C22H24N4O3. The molecule has 2 N–H and O–H groups in total. The lowest BCUT2D eigenvalue weighted by Crippen LogP contribution is -2.50. The van der Waals surface area contributed by atoms with Gasteiger partial charge < -0.3 is 15.5 Å². The predicted octanol–water partition coefficient (Wildman–Crippen LogP) is 2.50. The molecule has 4 rings (SSSR count). The Morgan fingerprint density at radius 3 is 2.59 bits per heavy atom. The van der Waals surface area contributed by atoms with Crippen molar-refractivity contribution in [2.45, 2.75) is 25.4 Å². The van der Waals surface area contributed by atoms with Crippen molar-refractivity contribution in [3.8, 4) is 11.1 Å². The summed E-state index contributed by atoms with van der Waals surface area (Å²) in [6, 6.07) is 15.7. The zero-order valence-corrected chi connectivity index (χ0v) is 16.6. The van der Waals surface area contributed by atoms with Crippen molar-refractivity contribution < 1.29 is 14.4 Å². The molecule has 0 radical (unpaired) electrons. The second-order valence-corrected chi connectivity index (χ2v) is 7.72. The molecule has 2 aromatic rings. The molecule has 5 amide bonds. The predicted molar refractivity (Wildman–Crippen MR) is 109 cm³/mol. The van der Waals surface area contributed by atoms with Crippen LogP contribution in [-0.2, 0) is 11.3 Å². The Kier molecular flexibility index (Phi) is 4.74. The van der Waals surface area contributed by atoms with Crippen LogP contribution in [-0.4, -0.2) is 53.4 Å². The number of amides is 5. The highest BCUT2D eigenvalue weighted by molar-refractivity contribution is 6.07. The van der Waals surface area contributed by atoms with Gasteiger partial charge in [-0.1, -0.05) is 48.5 Å². The Morgan fingerprint density at radius 2 is 1.93 bits per heavy atom. The van der Waals surface area contributed by atoms with Gasteiger partial charge in [0.05, 0.1) is 6.54 Å². The van der Waals surface area contributed by atoms with Crippen LogP contribution in [0.3, 0.4) is 0 Å². The molecule has 29 heavy (non-hydrogen) atoms. The minimum absolute atomic E-state index is 0.194. The monoisotopic (exact) mass is 392 g/mol. The lowest BCUT2D eigenvalue weighted by Gasteiger charge is -2.22. The fourth-order valence-electron chi connectivity index (χ4n) is 4.08. The second-order valence-electron chi connectivity index (χ2n) is 7.72. The molecule has 2 aliphatic rings. The highest BCUT2D eigenvalue weighted by Crippen LogP contribution is 2.28. The molecule has 0 bridgehead atoms. The summed E-state index contributed by atoms with van der Waals surface area (Å²) in [4.78, 5) is 39.4. The molecule has 7 heteroatoms. The number of carbonyl (C=O) groups excluding carboxylic acids is 3. The van der Waals surface area contributed by atoms with Gasteiger partial charge in [0.15, 0.2) is 0 Å². The maximum atomic E-state index is 12.6. The van der Waals surface area contributed by atoms with Crippen molar-refractivity contribution in [2.75, 3.05) is 20.1 Å². The Balaban J connectivity index is 1.38. The van der Waals surface area contributed by atoms with E-state index >= 15 is 0 Å². The third-order valence-corrected chi connectivity index (χ3v) is 5.74. The first-order valence-corrected chi connectivity index (χ1v) is 9.68. The number of hydrogen-bond donors (Lipinski definition) is 2. The molecule has 150 valence electrons. The number of nitrogens with one attached hydrogen (secondary N) is 2. The summed E-state index contributed by atoms with van der Waals surface area (Å²) in [7, 11) is 1.45. The van der Waals surface area contributed by atoms with Crippen LogP contribution in [0.1, 0.15) is 17.5 Å². The number of benzene rings is 2. The van der Waals surface area contributed by atoms with Crippen molar-refractivity contribution in [2.24, 2.45) is 0 Å². The molecule has 1 atom stereocenters. The third-order valence-electron chi connectivity index (χ3n) is 5.74. The number of carbonyl (C=O) groups is 3. The fourth-order valence-corrected chi connectivity index (χ4v) is 4.08. The summed E-state index contributed by atoms with van der Waals surface area (Å²) in [5, 5.41) is 5.65. The molecule has 0 aliphatic carbocycles. The zero-order valence-electron chi connectivity index (χ0n) is 16.6. The highest BCUT2D eigenvalue weighted by Gasteiger charge is 2.54. The maximum Gasteiger partial charge on any atom is 0.324 e. The van der Waals surface area contributed by atoms with Crippen molar-refractivity contribution >= 4 is 18.0 Å². The zero-order chi connectivity index (χ0) is 20.6. The van der Waals surface area contributed by atoms with E-state index in [2.05, 4.69) is 41.8 Å². The van der Waals surface area contributed by atoms with Gasteiger partial charge >= 0.3 is 12.1 Å². The second kappa shape index (κ2) is 7.24. The van der Waals surface area contributed by atoms with E-state index < -0.39 is 11.6 Å². The SMILES string of the molecule is Cc1cc(CNC(=O)N2CCC3(C2)NC(=O)N(C)C3=O)ccc1-c1ccccc1. The smallest absolute Gasteiger partial charge is 0.324 e. The van der Waals surface area contributed by atoms with Gasteiger partial charge in [-0.15, -0.1) is 0 Å². The Hall–Kier alpha value is -3.35. The number of hydrogen-bond acceptors (Lipinski definition) is 3. The summed E-state index contributed by atoms with van der Waals surface area (Å²) < 4.78 is 0. The van der Waals surface area contributed by atoms with Crippen molar-refractivity contribution in [1.82, 2.24) is 20.4 Å². The first-order valence-electron chi connectivity index (χ1n) is 9.68. The van der Waals surface area contributed by atoms with Crippen molar-refractivity contribution in [3.05, 3.63) is 59.7 Å². The summed E-state index contributed by atoms with van der Waals surface area (Å²) >= 11 is 0. The molecule has 2 saturated heterocycles. The number of imide groups is 1. The normalized spacial score (nSPS) is 21.0. The molecule has 1 unspecified atom stereocenters. The standard InChI is InChI=1S/C22H24N4O3/c1-15-12-16(8-9-18(15)17-6-4-3-5-7-17)13-23-20(28)26-11-10-22(14-26)19(27)25(2)21(29)24-22/h3-9,12H,10-11,13-14H2,1-2H3,(H,23,28)(H,24,29). The van der Waals surface area contributed by atoms with Crippen LogP contribution in [0.2, 0.25) is 0 Å². The quantitative estimate of drug-likeness (QED) is 0.788. The van der Waals surface area contributed by atoms with E-state index in [-0.39, 0.29) is 18.5 Å². The number of likely N-dealkylation sites (tertiary alicyclic amines) is 1. The number of urea groups is 2. The Bertz CT molecular complexity index is 975. The number of nitrogens with zero attached hydrogens (tertiary/aromatic N) is 2. The third kappa shape index (κ3) is 3.44. The number of rotatable bonds is 3. The van der Waals surface area contributed by atoms with E-state index in [4.69, 9.17) is 0 Å². The van der Waals surface area contributed by atoms with Crippen LogP contribution in [0.4, 0.5) is 9.59 Å². The first-order chi connectivity index (χ1) is 13.9. The van der Waals surface area contributed by atoms with Crippen LogP contribution < -0.4 is 10.6 Å². The van der Waals surface area contributed by atoms with Crippen molar-refractivity contribution in [3.63, 3.8) is 0 Å². The Morgan fingerprint density at radius 1 is 1.17 bits per heavy atom. The van der Waals surface area contributed by atoms with Gasteiger partial charge in [0.1, 0.15) is 5.54 Å². The van der Waals surface area contributed by atoms with E-state index in [9.17, 15) is 14.4 Å². The lowest BCUT2D eigenvalue weighted by atomic mass is 9.98. The summed E-state index contributed by atoms with van der Waals surface area (Å²) in [5.41, 5.74) is 3.51. The molecule has 2 heterocycles. The van der Waals surface area contributed by atoms with Gasteiger partial charge in [-0.25, -0.2) is 9.59 Å². The molecule has 0 saturated carbocycles. The van der Waals surface area contributed by atoms with Crippen LogP contribution >= 0.6 is 0 Å². The molecule has 1 spiro atoms. The highest BCUT2D eigenvalue weighted by atomic mass is 16.2. The summed E-state index contributed by atoms with van der Waals surface area (Å²) in [5.74, 6) is -0.273. The topological polar surface area (TPSA) is 81.8 Å². The van der Waals surface area contributed by atoms with E-state index in [1.165, 1.54) is 12.6 Å². The van der Waals surface area contributed by atoms with Crippen LogP contribution in [0.25, 0.3) is 11.1 Å². The van der Waals surface area contributed by atoms with E-state index in [0.717, 1.165) is 21.6 Å².